The summed E-state index contributed by atoms with van der Waals surface area (Å²) in [5.74, 6) is 0. The third-order valence-electron chi connectivity index (χ3n) is 12.6. The largest absolute Gasteiger partial charge is 0.310 e. The minimum absolute atomic E-state index is 0.00767. The van der Waals surface area contributed by atoms with Crippen molar-refractivity contribution < 1.29 is 0 Å². The molecule has 0 aliphatic heterocycles. The summed E-state index contributed by atoms with van der Waals surface area (Å²) in [6.07, 6.45) is 4.45. The van der Waals surface area contributed by atoms with Gasteiger partial charge in [0.15, 0.2) is 0 Å². The summed E-state index contributed by atoms with van der Waals surface area (Å²) in [7, 11) is 0. The van der Waals surface area contributed by atoms with E-state index in [0.29, 0.717) is 0 Å². The lowest BCUT2D eigenvalue weighted by molar-refractivity contribution is 0.568. The highest BCUT2D eigenvalue weighted by molar-refractivity contribution is 5.81. The van der Waals surface area contributed by atoms with Gasteiger partial charge in [0.25, 0.3) is 0 Å². The van der Waals surface area contributed by atoms with Crippen LogP contribution >= 0.6 is 0 Å². The summed E-state index contributed by atoms with van der Waals surface area (Å²) < 4.78 is 0. The molecule has 0 spiro atoms. The highest BCUT2D eigenvalue weighted by Crippen LogP contribution is 2.43. The number of rotatable bonds is 8. The fraction of sp³-hybridized carbons (Fsp3) is 0.387. The molecule has 6 aromatic rings. The molecule has 0 N–H and O–H groups in total. The molecule has 0 unspecified atom stereocenters. The van der Waals surface area contributed by atoms with Gasteiger partial charge in [-0.2, -0.15) is 0 Å². The van der Waals surface area contributed by atoms with Gasteiger partial charge in [-0.15, -0.1) is 0 Å². The molecule has 336 valence electrons. The minimum atomic E-state index is 0.00767. The third kappa shape index (κ3) is 11.5. The molecule has 0 fully saturated rings. The van der Waals surface area contributed by atoms with Gasteiger partial charge >= 0.3 is 0 Å². The van der Waals surface area contributed by atoms with Crippen molar-refractivity contribution >= 4 is 46.3 Å². The van der Waals surface area contributed by atoms with Crippen LogP contribution in [0.2, 0.25) is 0 Å². The van der Waals surface area contributed by atoms with Gasteiger partial charge < -0.3 is 9.80 Å². The van der Waals surface area contributed by atoms with Crippen molar-refractivity contribution in [3.8, 4) is 0 Å². The molecule has 2 nitrogen and oxygen atoms in total. The summed E-state index contributed by atoms with van der Waals surface area (Å²) in [5.41, 5.74) is 17.5. The quantitative estimate of drug-likeness (QED) is 0.141. The Kier molecular flexibility index (Phi) is 13.2. The number of anilines is 6. The zero-order valence-corrected chi connectivity index (χ0v) is 42.8. The van der Waals surface area contributed by atoms with Crippen LogP contribution in [0.5, 0.6) is 0 Å². The Hall–Kier alpha value is -5.34. The normalized spacial score (nSPS) is 13.1. The topological polar surface area (TPSA) is 6.48 Å². The van der Waals surface area contributed by atoms with E-state index in [1.165, 1.54) is 44.8 Å². The molecule has 0 aliphatic rings. The summed E-state index contributed by atoms with van der Waals surface area (Å²) in [4.78, 5) is 4.85. The zero-order valence-electron chi connectivity index (χ0n) is 42.8. The SMILES string of the molecule is CC(C)(C)c1ccc(N(c2ccc(/C=C/c3ccc(N(c4ccc(C(C)(C)C)cc4)c4cc(C(C)(C)C)cc(C(C)(C)C)c4)cc3)cc2)c2cc(C(C)(C)C)cc(C(C)(C)C)c2)cc1. The van der Waals surface area contributed by atoms with Crippen LogP contribution in [0, 0.1) is 0 Å². The summed E-state index contributed by atoms with van der Waals surface area (Å²) in [6, 6.07) is 50.7. The first-order valence-electron chi connectivity index (χ1n) is 23.5. The van der Waals surface area contributed by atoms with E-state index in [4.69, 9.17) is 0 Å². The summed E-state index contributed by atoms with van der Waals surface area (Å²) in [6.45, 7) is 41.4. The van der Waals surface area contributed by atoms with E-state index in [1.807, 2.05) is 0 Å². The Morgan fingerprint density at radius 2 is 0.438 bits per heavy atom. The maximum Gasteiger partial charge on any atom is 0.0467 e. The fourth-order valence-electron chi connectivity index (χ4n) is 7.99. The van der Waals surface area contributed by atoms with Crippen molar-refractivity contribution in [2.45, 2.75) is 157 Å². The van der Waals surface area contributed by atoms with Crippen molar-refractivity contribution in [3.63, 3.8) is 0 Å². The van der Waals surface area contributed by atoms with Crippen LogP contribution in [0.4, 0.5) is 34.1 Å². The minimum Gasteiger partial charge on any atom is -0.310 e. The fourth-order valence-corrected chi connectivity index (χ4v) is 7.99. The molecular weight excluding hydrogens is 773 g/mol. The molecule has 0 aliphatic carbocycles. The van der Waals surface area contributed by atoms with Crippen LogP contribution < -0.4 is 9.80 Å². The van der Waals surface area contributed by atoms with E-state index in [2.05, 4.69) is 280 Å². The molecule has 64 heavy (non-hydrogen) atoms. The van der Waals surface area contributed by atoms with Crippen LogP contribution in [0.15, 0.2) is 133 Å². The van der Waals surface area contributed by atoms with Gasteiger partial charge in [-0.05, 0) is 150 Å². The van der Waals surface area contributed by atoms with E-state index < -0.39 is 0 Å². The lowest BCUT2D eigenvalue weighted by atomic mass is 9.80. The molecular formula is C62H78N2. The first-order valence-corrected chi connectivity index (χ1v) is 23.5. The maximum absolute atomic E-state index is 2.42. The predicted molar refractivity (Wildman–Crippen MR) is 283 cm³/mol. The van der Waals surface area contributed by atoms with Crippen molar-refractivity contribution in [3.05, 3.63) is 178 Å². The number of hydrogen-bond donors (Lipinski definition) is 0. The molecule has 2 heteroatoms. The van der Waals surface area contributed by atoms with Gasteiger partial charge in [-0.3, -0.25) is 0 Å². The van der Waals surface area contributed by atoms with Gasteiger partial charge in [0.05, 0.1) is 0 Å². The van der Waals surface area contributed by atoms with Crippen LogP contribution in [0.3, 0.4) is 0 Å². The predicted octanol–water partition coefficient (Wildman–Crippen LogP) is 18.6. The molecule has 6 rings (SSSR count). The highest BCUT2D eigenvalue weighted by atomic mass is 15.1. The zero-order chi connectivity index (χ0) is 47.2. The van der Waals surface area contributed by atoms with E-state index in [1.54, 1.807) is 0 Å². The van der Waals surface area contributed by atoms with Gasteiger partial charge in [0.1, 0.15) is 0 Å². The second kappa shape index (κ2) is 17.6. The van der Waals surface area contributed by atoms with Crippen molar-refractivity contribution in [1.29, 1.82) is 0 Å². The van der Waals surface area contributed by atoms with Crippen molar-refractivity contribution in [2.24, 2.45) is 0 Å². The average molecular weight is 851 g/mol. The molecule has 0 aromatic heterocycles. The molecule has 0 bridgehead atoms. The Morgan fingerprint density at radius 3 is 0.641 bits per heavy atom. The van der Waals surface area contributed by atoms with Crippen LogP contribution in [-0.4, -0.2) is 0 Å². The lowest BCUT2D eigenvalue weighted by Crippen LogP contribution is -2.19. The number of nitrogens with zero attached hydrogens (tertiary/aromatic N) is 2. The third-order valence-corrected chi connectivity index (χ3v) is 12.6. The second-order valence-corrected chi connectivity index (χ2v) is 24.3. The smallest absolute Gasteiger partial charge is 0.0467 e. The monoisotopic (exact) mass is 851 g/mol. The lowest BCUT2D eigenvalue weighted by Gasteiger charge is -2.31. The Labute approximate surface area is 389 Å². The van der Waals surface area contributed by atoms with Gasteiger partial charge in [-0.1, -0.05) is 197 Å². The first-order chi connectivity index (χ1) is 29.5. The van der Waals surface area contributed by atoms with Crippen LogP contribution in [-0.2, 0) is 32.5 Å². The molecule has 0 atom stereocenters. The summed E-state index contributed by atoms with van der Waals surface area (Å²) >= 11 is 0. The number of benzene rings is 6. The standard InChI is InChI=1S/C62H78N2/c1-57(2,3)45-25-33-53(34-26-45)63(55-39-47(59(7,8)9)37-48(40-55)60(10,11)12)51-29-21-43(22-30-51)19-20-44-23-31-52(32-24-44)64(54-35-27-46(28-36-54)58(4,5)6)56-41-49(61(13,14)15)38-50(42-56)62(16,17)18/h19-42H,1-18H3/b20-19+. The Morgan fingerprint density at radius 1 is 0.234 bits per heavy atom. The van der Waals surface area contributed by atoms with Crippen LogP contribution in [0.25, 0.3) is 12.2 Å². The second-order valence-electron chi connectivity index (χ2n) is 24.3. The van der Waals surface area contributed by atoms with Crippen molar-refractivity contribution in [1.82, 2.24) is 0 Å². The van der Waals surface area contributed by atoms with Gasteiger partial charge in [0, 0.05) is 34.1 Å². The average Bonchev–Trinajstić information content (AvgIpc) is 3.19. The van der Waals surface area contributed by atoms with E-state index in [-0.39, 0.29) is 32.5 Å². The van der Waals surface area contributed by atoms with E-state index in [9.17, 15) is 0 Å². The Bertz CT molecular complexity index is 2300. The van der Waals surface area contributed by atoms with Gasteiger partial charge in [0.2, 0.25) is 0 Å². The molecule has 6 aromatic carbocycles. The molecule has 0 saturated carbocycles. The van der Waals surface area contributed by atoms with E-state index in [0.717, 1.165) is 33.9 Å². The molecule has 0 saturated heterocycles. The molecule has 0 radical (unpaired) electrons. The first kappa shape index (κ1) is 48.1. The van der Waals surface area contributed by atoms with Gasteiger partial charge in [-0.25, -0.2) is 0 Å². The van der Waals surface area contributed by atoms with Crippen LogP contribution in [0.1, 0.15) is 169 Å². The maximum atomic E-state index is 2.42. The highest BCUT2D eigenvalue weighted by Gasteiger charge is 2.26. The summed E-state index contributed by atoms with van der Waals surface area (Å²) in [5, 5.41) is 0. The number of hydrogen-bond acceptors (Lipinski definition) is 2. The Balaban J connectivity index is 1.36. The molecule has 0 amide bonds. The molecule has 0 heterocycles. The van der Waals surface area contributed by atoms with Crippen molar-refractivity contribution in [2.75, 3.05) is 9.80 Å². The van der Waals surface area contributed by atoms with E-state index >= 15 is 0 Å².